The zero-order chi connectivity index (χ0) is 24.3. The van der Waals surface area contributed by atoms with E-state index in [-0.39, 0.29) is 11.4 Å². The molecule has 4 rings (SSSR count). The molecule has 0 aliphatic carbocycles. The zero-order valence-electron chi connectivity index (χ0n) is 18.8. The van der Waals surface area contributed by atoms with Crippen LogP contribution in [0, 0.1) is 6.92 Å². The van der Waals surface area contributed by atoms with Crippen LogP contribution in [0.2, 0.25) is 5.02 Å². The molecule has 0 unspecified atom stereocenters. The van der Waals surface area contributed by atoms with Crippen LogP contribution in [0.3, 0.4) is 0 Å². The minimum absolute atomic E-state index is 0.127. The van der Waals surface area contributed by atoms with Gasteiger partial charge in [-0.25, -0.2) is 8.42 Å². The molecular formula is C25H25ClN2O5S. The van der Waals surface area contributed by atoms with E-state index in [1.807, 2.05) is 18.2 Å². The Labute approximate surface area is 204 Å². The summed E-state index contributed by atoms with van der Waals surface area (Å²) in [6.07, 6.45) is 0.979. The van der Waals surface area contributed by atoms with Gasteiger partial charge in [0.15, 0.2) is 5.75 Å². The lowest BCUT2D eigenvalue weighted by Gasteiger charge is -2.25. The van der Waals surface area contributed by atoms with Crippen molar-refractivity contribution in [1.82, 2.24) is 4.31 Å². The highest BCUT2D eigenvalue weighted by Gasteiger charge is 2.40. The quantitative estimate of drug-likeness (QED) is 0.479. The lowest BCUT2D eigenvalue weighted by atomic mass is 10.2. The minimum atomic E-state index is -3.92. The second kappa shape index (κ2) is 10.0. The van der Waals surface area contributed by atoms with Crippen molar-refractivity contribution in [3.63, 3.8) is 0 Å². The number of rotatable bonds is 7. The first-order valence-corrected chi connectivity index (χ1v) is 12.6. The summed E-state index contributed by atoms with van der Waals surface area (Å²) in [7, 11) is -2.44. The van der Waals surface area contributed by atoms with Crippen LogP contribution in [0.5, 0.6) is 17.2 Å². The highest BCUT2D eigenvalue weighted by molar-refractivity contribution is 7.89. The Bertz CT molecular complexity index is 1300. The van der Waals surface area contributed by atoms with Gasteiger partial charge in [-0.3, -0.25) is 4.79 Å². The number of carbonyl (C=O) groups is 1. The van der Waals surface area contributed by atoms with Crippen LogP contribution in [-0.4, -0.2) is 38.3 Å². The standard InChI is InChI=1S/C25H25ClN2O5S/c1-17-10-12-20(32-2)16-24(17)34(30,31)28-14-6-9-22(28)25(29)27-21-15-18(26)11-13-23(21)33-19-7-4-3-5-8-19/h3-5,7-8,10-13,15-16,22H,6,9,14H2,1-2H3,(H,27,29)/t22-/m1/s1. The normalized spacial score (nSPS) is 16.3. The average Bonchev–Trinajstić information content (AvgIpc) is 3.33. The third-order valence-electron chi connectivity index (χ3n) is 5.66. The van der Waals surface area contributed by atoms with Crippen LogP contribution in [0.1, 0.15) is 18.4 Å². The molecule has 3 aromatic rings. The molecule has 1 N–H and O–H groups in total. The van der Waals surface area contributed by atoms with E-state index in [1.165, 1.54) is 17.5 Å². The first-order chi connectivity index (χ1) is 16.3. The van der Waals surface area contributed by atoms with Gasteiger partial charge in [0.1, 0.15) is 17.5 Å². The maximum atomic E-state index is 13.5. The van der Waals surface area contributed by atoms with Crippen LogP contribution >= 0.6 is 11.6 Å². The van der Waals surface area contributed by atoms with Crippen molar-refractivity contribution in [2.75, 3.05) is 19.0 Å². The number of ether oxygens (including phenoxy) is 2. The molecule has 3 aromatic carbocycles. The van der Waals surface area contributed by atoms with Crippen molar-refractivity contribution < 1.29 is 22.7 Å². The molecule has 1 amide bonds. The molecule has 1 atom stereocenters. The number of nitrogens with one attached hydrogen (secondary N) is 1. The van der Waals surface area contributed by atoms with Gasteiger partial charge in [0, 0.05) is 17.6 Å². The largest absolute Gasteiger partial charge is 0.497 e. The Morgan fingerprint density at radius 1 is 1.06 bits per heavy atom. The summed E-state index contributed by atoms with van der Waals surface area (Å²) >= 11 is 6.17. The summed E-state index contributed by atoms with van der Waals surface area (Å²) in [5.74, 6) is 0.992. The van der Waals surface area contributed by atoms with E-state index in [9.17, 15) is 13.2 Å². The number of para-hydroxylation sites is 1. The third kappa shape index (κ3) is 5.04. The number of hydrogen-bond acceptors (Lipinski definition) is 5. The van der Waals surface area contributed by atoms with Crippen LogP contribution < -0.4 is 14.8 Å². The highest BCUT2D eigenvalue weighted by atomic mass is 35.5. The lowest BCUT2D eigenvalue weighted by molar-refractivity contribution is -0.119. The number of nitrogens with zero attached hydrogens (tertiary/aromatic N) is 1. The zero-order valence-corrected chi connectivity index (χ0v) is 20.4. The number of hydrogen-bond donors (Lipinski definition) is 1. The number of benzene rings is 3. The van der Waals surface area contributed by atoms with Crippen molar-refractivity contribution in [3.05, 3.63) is 77.3 Å². The molecule has 0 radical (unpaired) electrons. The summed E-state index contributed by atoms with van der Waals surface area (Å²) < 4.78 is 39.4. The summed E-state index contributed by atoms with van der Waals surface area (Å²) in [4.78, 5) is 13.4. The first kappa shape index (κ1) is 24.1. The molecule has 0 aromatic heterocycles. The molecule has 0 spiro atoms. The predicted molar refractivity (Wildman–Crippen MR) is 131 cm³/mol. The summed E-state index contributed by atoms with van der Waals surface area (Å²) in [5, 5.41) is 3.24. The van der Waals surface area contributed by atoms with E-state index in [1.54, 1.807) is 49.4 Å². The van der Waals surface area contributed by atoms with Crippen LogP contribution in [0.15, 0.2) is 71.6 Å². The average molecular weight is 501 g/mol. The van der Waals surface area contributed by atoms with Gasteiger partial charge in [-0.1, -0.05) is 35.9 Å². The topological polar surface area (TPSA) is 84.9 Å². The monoisotopic (exact) mass is 500 g/mol. The summed E-state index contributed by atoms with van der Waals surface area (Å²) in [6, 6.07) is 18.1. The van der Waals surface area contributed by atoms with Crippen molar-refractivity contribution in [1.29, 1.82) is 0 Å². The van der Waals surface area contributed by atoms with E-state index < -0.39 is 22.0 Å². The Balaban J connectivity index is 1.60. The van der Waals surface area contributed by atoms with E-state index in [0.717, 1.165) is 0 Å². The molecule has 1 heterocycles. The molecule has 0 bridgehead atoms. The van der Waals surface area contributed by atoms with E-state index in [0.29, 0.717) is 46.4 Å². The van der Waals surface area contributed by atoms with Gasteiger partial charge < -0.3 is 14.8 Å². The number of methoxy groups -OCH3 is 1. The Morgan fingerprint density at radius 3 is 2.56 bits per heavy atom. The fourth-order valence-electron chi connectivity index (χ4n) is 3.92. The number of halogens is 1. The third-order valence-corrected chi connectivity index (χ3v) is 7.94. The molecule has 1 aliphatic rings. The number of amides is 1. The number of sulfonamides is 1. The van der Waals surface area contributed by atoms with Gasteiger partial charge in [0.2, 0.25) is 15.9 Å². The molecule has 1 saturated heterocycles. The molecular weight excluding hydrogens is 476 g/mol. The molecule has 7 nitrogen and oxygen atoms in total. The molecule has 1 aliphatic heterocycles. The lowest BCUT2D eigenvalue weighted by Crippen LogP contribution is -2.43. The molecule has 34 heavy (non-hydrogen) atoms. The summed E-state index contributed by atoms with van der Waals surface area (Å²) in [5.41, 5.74) is 0.948. The smallest absolute Gasteiger partial charge is 0.244 e. The van der Waals surface area contributed by atoms with Crippen molar-refractivity contribution in [3.8, 4) is 17.2 Å². The fourth-order valence-corrected chi connectivity index (χ4v) is 5.99. The molecule has 0 saturated carbocycles. The molecule has 1 fully saturated rings. The van der Waals surface area contributed by atoms with Crippen molar-refractivity contribution in [2.45, 2.75) is 30.7 Å². The van der Waals surface area contributed by atoms with Crippen LogP contribution in [0.4, 0.5) is 5.69 Å². The van der Waals surface area contributed by atoms with Gasteiger partial charge in [-0.05, 0) is 61.7 Å². The maximum Gasteiger partial charge on any atom is 0.244 e. The van der Waals surface area contributed by atoms with Gasteiger partial charge in [0.25, 0.3) is 0 Å². The van der Waals surface area contributed by atoms with Gasteiger partial charge in [-0.2, -0.15) is 4.31 Å². The van der Waals surface area contributed by atoms with E-state index in [2.05, 4.69) is 5.32 Å². The highest BCUT2D eigenvalue weighted by Crippen LogP contribution is 2.34. The van der Waals surface area contributed by atoms with Crippen molar-refractivity contribution in [2.24, 2.45) is 0 Å². The SMILES string of the molecule is COc1ccc(C)c(S(=O)(=O)N2CCC[C@@H]2C(=O)Nc2cc(Cl)ccc2Oc2ccccc2)c1. The fraction of sp³-hybridized carbons (Fsp3) is 0.240. The Morgan fingerprint density at radius 2 is 1.82 bits per heavy atom. The molecule has 178 valence electrons. The van der Waals surface area contributed by atoms with E-state index >= 15 is 0 Å². The second-order valence-corrected chi connectivity index (χ2v) is 10.2. The van der Waals surface area contributed by atoms with Gasteiger partial charge >= 0.3 is 0 Å². The number of aryl methyl sites for hydroxylation is 1. The Kier molecular flexibility index (Phi) is 7.11. The number of anilines is 1. The predicted octanol–water partition coefficient (Wildman–Crippen LogP) is 5.24. The van der Waals surface area contributed by atoms with Gasteiger partial charge in [0.05, 0.1) is 17.7 Å². The number of carbonyl (C=O) groups excluding carboxylic acids is 1. The first-order valence-electron chi connectivity index (χ1n) is 10.8. The second-order valence-electron chi connectivity index (χ2n) is 7.95. The maximum absolute atomic E-state index is 13.5. The summed E-state index contributed by atoms with van der Waals surface area (Å²) in [6.45, 7) is 1.97. The van der Waals surface area contributed by atoms with E-state index in [4.69, 9.17) is 21.1 Å². The Hall–Kier alpha value is -3.07. The minimum Gasteiger partial charge on any atom is -0.497 e. The molecule has 9 heteroatoms. The van der Waals surface area contributed by atoms with Crippen LogP contribution in [0.25, 0.3) is 0 Å². The van der Waals surface area contributed by atoms with Crippen LogP contribution in [-0.2, 0) is 14.8 Å². The van der Waals surface area contributed by atoms with Crippen molar-refractivity contribution >= 4 is 33.2 Å². The van der Waals surface area contributed by atoms with Gasteiger partial charge in [-0.15, -0.1) is 0 Å².